The Hall–Kier alpha value is -0.460. The van der Waals surface area contributed by atoms with E-state index >= 15 is 0 Å². The molecule has 0 atom stereocenters. The van der Waals surface area contributed by atoms with E-state index in [1.54, 1.807) is 11.8 Å². The van der Waals surface area contributed by atoms with Crippen molar-refractivity contribution in [2.45, 2.75) is 6.54 Å². The monoisotopic (exact) mass is 336 g/mol. The van der Waals surface area contributed by atoms with Crippen molar-refractivity contribution in [1.82, 2.24) is 9.88 Å². The van der Waals surface area contributed by atoms with Gasteiger partial charge >= 0.3 is 0 Å². The third-order valence-corrected chi connectivity index (χ3v) is 4.23. The summed E-state index contributed by atoms with van der Waals surface area (Å²) in [5, 5.41) is 3.04. The van der Waals surface area contributed by atoms with Gasteiger partial charge in [-0.3, -0.25) is 9.59 Å². The van der Waals surface area contributed by atoms with Gasteiger partial charge in [-0.2, -0.15) is 11.8 Å². The molecule has 4 nitrogen and oxygen atoms in total. The number of pyridine rings is 1. The molecule has 17 heavy (non-hydrogen) atoms. The molecule has 1 amide bonds. The first-order valence-electron chi connectivity index (χ1n) is 5.06. The molecular formula is C10H10BrClN2O2S. The molecule has 0 radical (unpaired) electrons. The van der Waals surface area contributed by atoms with Gasteiger partial charge in [0.25, 0.3) is 11.5 Å². The van der Waals surface area contributed by atoms with Gasteiger partial charge in [0.1, 0.15) is 5.69 Å². The minimum Gasteiger partial charge on any atom is -0.350 e. The highest BCUT2D eigenvalue weighted by molar-refractivity contribution is 9.10. The number of halogens is 2. The lowest BCUT2D eigenvalue weighted by Crippen LogP contribution is -2.33. The summed E-state index contributed by atoms with van der Waals surface area (Å²) < 4.78 is 1.81. The number of nitrogens with one attached hydrogen (secondary N) is 1. The SMILES string of the molecule is O=C1NCCSCCn2c1c(Cl)cc(Br)c2=O. The Bertz CT molecular complexity index is 518. The fraction of sp³-hybridized carbons (Fsp3) is 0.400. The predicted octanol–water partition coefficient (Wildman–Crippen LogP) is 1.74. The number of rotatable bonds is 0. The Morgan fingerprint density at radius 3 is 2.94 bits per heavy atom. The topological polar surface area (TPSA) is 51.1 Å². The molecule has 0 saturated heterocycles. The first kappa shape index (κ1) is 13.0. The molecule has 0 spiro atoms. The number of amides is 1. The summed E-state index contributed by atoms with van der Waals surface area (Å²) in [7, 11) is 0. The summed E-state index contributed by atoms with van der Waals surface area (Å²) in [6, 6.07) is 1.47. The van der Waals surface area contributed by atoms with Gasteiger partial charge in [-0.1, -0.05) is 11.6 Å². The van der Waals surface area contributed by atoms with E-state index in [0.717, 1.165) is 11.5 Å². The van der Waals surface area contributed by atoms with Gasteiger partial charge in [-0.15, -0.1) is 0 Å². The van der Waals surface area contributed by atoms with E-state index in [2.05, 4.69) is 21.2 Å². The zero-order valence-electron chi connectivity index (χ0n) is 8.83. The van der Waals surface area contributed by atoms with Crippen LogP contribution in [0.4, 0.5) is 0 Å². The van der Waals surface area contributed by atoms with E-state index < -0.39 is 0 Å². The maximum Gasteiger partial charge on any atom is 0.269 e. The molecule has 0 saturated carbocycles. The van der Waals surface area contributed by atoms with Crippen LogP contribution >= 0.6 is 39.3 Å². The maximum absolute atomic E-state index is 12.0. The highest BCUT2D eigenvalue weighted by Crippen LogP contribution is 2.19. The standard InChI is InChI=1S/C10H10BrClN2O2S/c11-6-5-7(12)8-9(15)13-1-3-17-4-2-14(8)10(6)16/h5H,1-4H2,(H,13,15). The van der Waals surface area contributed by atoms with E-state index in [1.165, 1.54) is 10.6 Å². The zero-order chi connectivity index (χ0) is 12.4. The summed E-state index contributed by atoms with van der Waals surface area (Å²) >= 11 is 10.9. The molecule has 1 aromatic heterocycles. The van der Waals surface area contributed by atoms with E-state index in [-0.39, 0.29) is 17.2 Å². The van der Waals surface area contributed by atoms with Crippen molar-refractivity contribution in [3.8, 4) is 0 Å². The van der Waals surface area contributed by atoms with Crippen molar-refractivity contribution in [3.05, 3.63) is 31.6 Å². The number of aromatic nitrogens is 1. The molecule has 7 heteroatoms. The fourth-order valence-electron chi connectivity index (χ4n) is 1.62. The van der Waals surface area contributed by atoms with E-state index in [0.29, 0.717) is 22.6 Å². The Balaban J connectivity index is 2.60. The molecule has 2 heterocycles. The average molecular weight is 338 g/mol. The lowest BCUT2D eigenvalue weighted by atomic mass is 10.3. The van der Waals surface area contributed by atoms with Crippen molar-refractivity contribution in [3.63, 3.8) is 0 Å². The normalized spacial score (nSPS) is 16.5. The molecular weight excluding hydrogens is 328 g/mol. The van der Waals surface area contributed by atoms with Crippen LogP contribution in [0.3, 0.4) is 0 Å². The van der Waals surface area contributed by atoms with Crippen LogP contribution in [-0.2, 0) is 6.54 Å². The van der Waals surface area contributed by atoms with Crippen LogP contribution in [-0.4, -0.2) is 28.5 Å². The van der Waals surface area contributed by atoms with Crippen LogP contribution in [0.5, 0.6) is 0 Å². The molecule has 0 bridgehead atoms. The van der Waals surface area contributed by atoms with E-state index in [1.807, 2.05) is 0 Å². The van der Waals surface area contributed by atoms with Crippen LogP contribution < -0.4 is 10.9 Å². The number of carbonyl (C=O) groups is 1. The molecule has 1 aliphatic rings. The lowest BCUT2D eigenvalue weighted by Gasteiger charge is -2.12. The third kappa shape index (κ3) is 2.69. The minimum absolute atomic E-state index is 0.220. The molecule has 1 N–H and O–H groups in total. The van der Waals surface area contributed by atoms with Crippen LogP contribution in [0.25, 0.3) is 0 Å². The molecule has 2 rings (SSSR count). The molecule has 1 aliphatic heterocycles. The van der Waals surface area contributed by atoms with Gasteiger partial charge in [-0.05, 0) is 22.0 Å². The van der Waals surface area contributed by atoms with Crippen molar-refractivity contribution >= 4 is 45.2 Å². The summed E-state index contributed by atoms with van der Waals surface area (Å²) in [6.45, 7) is 1.08. The van der Waals surface area contributed by atoms with E-state index in [9.17, 15) is 9.59 Å². The highest BCUT2D eigenvalue weighted by atomic mass is 79.9. The summed E-state index contributed by atoms with van der Waals surface area (Å²) in [5.74, 6) is 1.34. The van der Waals surface area contributed by atoms with Crippen LogP contribution in [0.15, 0.2) is 15.3 Å². The molecule has 0 aliphatic carbocycles. The van der Waals surface area contributed by atoms with Crippen molar-refractivity contribution < 1.29 is 4.79 Å². The van der Waals surface area contributed by atoms with Gasteiger partial charge in [0, 0.05) is 24.6 Å². The number of nitrogens with zero attached hydrogens (tertiary/aromatic N) is 1. The molecule has 0 unspecified atom stereocenters. The maximum atomic E-state index is 12.0. The Morgan fingerprint density at radius 2 is 2.18 bits per heavy atom. The second kappa shape index (κ2) is 5.46. The van der Waals surface area contributed by atoms with Crippen LogP contribution in [0.2, 0.25) is 5.02 Å². The quantitative estimate of drug-likeness (QED) is 0.784. The lowest BCUT2D eigenvalue weighted by molar-refractivity contribution is 0.0946. The number of carbonyl (C=O) groups excluding carboxylic acids is 1. The molecule has 1 aromatic rings. The molecule has 0 aromatic carbocycles. The van der Waals surface area contributed by atoms with Crippen LogP contribution in [0, 0.1) is 0 Å². The number of hydrogen-bond donors (Lipinski definition) is 1. The van der Waals surface area contributed by atoms with Crippen molar-refractivity contribution in [2.75, 3.05) is 18.1 Å². The van der Waals surface area contributed by atoms with Gasteiger partial charge in [0.2, 0.25) is 0 Å². The first-order chi connectivity index (χ1) is 8.11. The Kier molecular flexibility index (Phi) is 4.17. The Labute approximate surface area is 116 Å². The largest absolute Gasteiger partial charge is 0.350 e. The summed E-state index contributed by atoms with van der Waals surface area (Å²) in [6.07, 6.45) is 0. The van der Waals surface area contributed by atoms with Crippen molar-refractivity contribution in [1.29, 1.82) is 0 Å². The number of fused-ring (bicyclic) bond motifs is 1. The number of hydrogen-bond acceptors (Lipinski definition) is 3. The average Bonchev–Trinajstić information content (AvgIpc) is 2.37. The summed E-state index contributed by atoms with van der Waals surface area (Å²) in [5.41, 5.74) is 0.0319. The van der Waals surface area contributed by atoms with Crippen molar-refractivity contribution in [2.24, 2.45) is 0 Å². The number of thioether (sulfide) groups is 1. The second-order valence-corrected chi connectivity index (χ2v) is 6.00. The third-order valence-electron chi connectivity index (χ3n) is 2.41. The van der Waals surface area contributed by atoms with Gasteiger partial charge < -0.3 is 9.88 Å². The molecule has 92 valence electrons. The minimum atomic E-state index is -0.290. The smallest absolute Gasteiger partial charge is 0.269 e. The first-order valence-corrected chi connectivity index (χ1v) is 7.38. The predicted molar refractivity (Wildman–Crippen MR) is 73.1 cm³/mol. The van der Waals surface area contributed by atoms with Gasteiger partial charge in [-0.25, -0.2) is 0 Å². The second-order valence-electron chi connectivity index (χ2n) is 3.51. The van der Waals surface area contributed by atoms with E-state index in [4.69, 9.17) is 11.6 Å². The summed E-state index contributed by atoms with van der Waals surface area (Å²) in [4.78, 5) is 23.9. The fourth-order valence-corrected chi connectivity index (χ4v) is 3.26. The molecule has 0 fully saturated rings. The van der Waals surface area contributed by atoms with Gasteiger partial charge in [0.05, 0.1) is 9.50 Å². The highest BCUT2D eigenvalue weighted by Gasteiger charge is 2.19. The van der Waals surface area contributed by atoms with Crippen LogP contribution in [0.1, 0.15) is 10.5 Å². The Morgan fingerprint density at radius 1 is 1.41 bits per heavy atom. The zero-order valence-corrected chi connectivity index (χ0v) is 12.0. The van der Waals surface area contributed by atoms with Gasteiger partial charge in [0.15, 0.2) is 0 Å².